The maximum Gasteiger partial charge on any atom is 0.277 e. The third-order valence-electron chi connectivity index (χ3n) is 4.94. The summed E-state index contributed by atoms with van der Waals surface area (Å²) in [5, 5.41) is 0. The first-order chi connectivity index (χ1) is 15.0. The van der Waals surface area contributed by atoms with Crippen LogP contribution in [-0.2, 0) is 23.8 Å². The van der Waals surface area contributed by atoms with Gasteiger partial charge in [-0.25, -0.2) is 0 Å². The first-order valence-electron chi connectivity index (χ1n) is 10.5. The van der Waals surface area contributed by atoms with Gasteiger partial charge in [0.2, 0.25) is 0 Å². The Morgan fingerprint density at radius 3 is 2.16 bits per heavy atom. The van der Waals surface area contributed by atoms with Crippen LogP contribution in [0.3, 0.4) is 0 Å². The number of nitrogens with zero attached hydrogens (tertiary/aromatic N) is 2. The van der Waals surface area contributed by atoms with Gasteiger partial charge in [0.25, 0.3) is 11.8 Å². The summed E-state index contributed by atoms with van der Waals surface area (Å²) >= 11 is 0. The Morgan fingerprint density at radius 2 is 1.58 bits per heavy atom. The molecule has 2 rings (SSSR count). The van der Waals surface area contributed by atoms with Crippen molar-refractivity contribution in [3.05, 3.63) is 35.5 Å². The van der Waals surface area contributed by atoms with Crippen molar-refractivity contribution >= 4 is 17.4 Å². The van der Waals surface area contributed by atoms with Crippen LogP contribution in [0.4, 0.5) is 0 Å². The van der Waals surface area contributed by atoms with Crippen molar-refractivity contribution in [1.29, 1.82) is 0 Å². The lowest BCUT2D eigenvalue weighted by Gasteiger charge is -2.25. The quantitative estimate of drug-likeness (QED) is 0.328. The molecule has 0 radical (unpaired) electrons. The van der Waals surface area contributed by atoms with Crippen molar-refractivity contribution in [2.75, 3.05) is 60.8 Å². The smallest absolute Gasteiger partial charge is 0.277 e. The van der Waals surface area contributed by atoms with Crippen LogP contribution in [0, 0.1) is 0 Å². The molecule has 0 atom stereocenters. The topological polar surface area (TPSA) is 77.5 Å². The number of ether oxygens (including phenoxy) is 4. The Kier molecular flexibility index (Phi) is 9.97. The molecule has 1 aromatic rings. The highest BCUT2D eigenvalue weighted by Crippen LogP contribution is 2.36. The molecular weight excluding hydrogens is 400 g/mol. The number of imide groups is 1. The molecule has 1 aromatic carbocycles. The van der Waals surface area contributed by atoms with Gasteiger partial charge in [-0.15, -0.1) is 0 Å². The van der Waals surface area contributed by atoms with Gasteiger partial charge in [-0.3, -0.25) is 14.5 Å². The molecule has 0 saturated carbocycles. The molecule has 0 spiro atoms. The van der Waals surface area contributed by atoms with Crippen LogP contribution in [0.2, 0.25) is 0 Å². The van der Waals surface area contributed by atoms with Gasteiger partial charge in [0.15, 0.2) is 0 Å². The van der Waals surface area contributed by atoms with E-state index >= 15 is 0 Å². The van der Waals surface area contributed by atoms with E-state index in [1.807, 2.05) is 30.9 Å². The van der Waals surface area contributed by atoms with Crippen molar-refractivity contribution in [2.45, 2.75) is 26.4 Å². The average Bonchev–Trinajstić information content (AvgIpc) is 3.01. The molecule has 0 N–H and O–H groups in total. The van der Waals surface area contributed by atoms with Crippen LogP contribution >= 0.6 is 0 Å². The second-order valence-corrected chi connectivity index (χ2v) is 7.43. The minimum Gasteiger partial charge on any atom is -0.496 e. The van der Waals surface area contributed by atoms with Crippen LogP contribution in [0.15, 0.2) is 30.0 Å². The number of benzene rings is 1. The summed E-state index contributed by atoms with van der Waals surface area (Å²) in [5.74, 6) is -0.101. The number of carbonyl (C=O) groups excluding carboxylic acids is 2. The van der Waals surface area contributed by atoms with Gasteiger partial charge in [-0.05, 0) is 26.3 Å². The third-order valence-corrected chi connectivity index (χ3v) is 4.94. The highest BCUT2D eigenvalue weighted by Gasteiger charge is 2.42. The van der Waals surface area contributed by atoms with Gasteiger partial charge in [0.05, 0.1) is 32.0 Å². The number of hydrogen-bond acceptors (Lipinski definition) is 7. The summed E-state index contributed by atoms with van der Waals surface area (Å²) in [6.07, 6.45) is 0.666. The molecule has 0 aromatic heterocycles. The molecule has 1 aliphatic rings. The van der Waals surface area contributed by atoms with Crippen LogP contribution in [0.1, 0.15) is 25.8 Å². The third kappa shape index (κ3) is 6.29. The van der Waals surface area contributed by atoms with Gasteiger partial charge >= 0.3 is 0 Å². The Balaban J connectivity index is 2.44. The largest absolute Gasteiger partial charge is 0.496 e. The predicted molar refractivity (Wildman–Crippen MR) is 118 cm³/mol. The molecule has 0 saturated heterocycles. The summed E-state index contributed by atoms with van der Waals surface area (Å²) in [6, 6.07) is 7.24. The fourth-order valence-electron chi connectivity index (χ4n) is 3.43. The van der Waals surface area contributed by atoms with Gasteiger partial charge in [0, 0.05) is 46.0 Å². The maximum atomic E-state index is 13.4. The standard InChI is InChI=1S/C23H34N2O6/c1-17(2)31-14-8-11-25-22(26)20(18-9-6-7-10-19(18)30-5)21(23(25)27)24(12-15-28-3)13-16-29-4/h6-7,9-10,17H,8,11-16H2,1-5H3. The zero-order valence-corrected chi connectivity index (χ0v) is 19.2. The highest BCUT2D eigenvalue weighted by molar-refractivity contribution is 6.36. The molecule has 172 valence electrons. The summed E-state index contributed by atoms with van der Waals surface area (Å²) < 4.78 is 21.5. The number of methoxy groups -OCH3 is 3. The van der Waals surface area contributed by atoms with E-state index in [0.29, 0.717) is 61.9 Å². The second-order valence-electron chi connectivity index (χ2n) is 7.43. The lowest BCUT2D eigenvalue weighted by Crippen LogP contribution is -2.38. The van der Waals surface area contributed by atoms with Crippen LogP contribution in [-0.4, -0.2) is 88.5 Å². The van der Waals surface area contributed by atoms with Gasteiger partial charge in [0.1, 0.15) is 11.4 Å². The first kappa shape index (κ1) is 24.8. The van der Waals surface area contributed by atoms with E-state index in [0.717, 1.165) is 0 Å². The van der Waals surface area contributed by atoms with Crippen LogP contribution in [0.5, 0.6) is 5.75 Å². The monoisotopic (exact) mass is 434 g/mol. The van der Waals surface area contributed by atoms with E-state index in [2.05, 4.69) is 0 Å². The van der Waals surface area contributed by atoms with Crippen molar-refractivity contribution < 1.29 is 28.5 Å². The highest BCUT2D eigenvalue weighted by atomic mass is 16.5. The maximum absolute atomic E-state index is 13.4. The lowest BCUT2D eigenvalue weighted by atomic mass is 10.0. The molecule has 8 heteroatoms. The van der Waals surface area contributed by atoms with Gasteiger partial charge in [-0.2, -0.15) is 0 Å². The molecular formula is C23H34N2O6. The fraction of sp³-hybridized carbons (Fsp3) is 0.565. The van der Waals surface area contributed by atoms with Crippen LogP contribution < -0.4 is 4.74 Å². The molecule has 1 heterocycles. The van der Waals surface area contributed by atoms with E-state index in [1.54, 1.807) is 33.5 Å². The Bertz CT molecular complexity index is 769. The normalized spacial score (nSPS) is 14.2. The number of rotatable bonds is 14. The zero-order valence-electron chi connectivity index (χ0n) is 19.2. The summed E-state index contributed by atoms with van der Waals surface area (Å²) in [5.41, 5.74) is 1.30. The van der Waals surface area contributed by atoms with Crippen molar-refractivity contribution in [3.63, 3.8) is 0 Å². The minimum absolute atomic E-state index is 0.0985. The summed E-state index contributed by atoms with van der Waals surface area (Å²) in [6.45, 7) is 6.41. The van der Waals surface area contributed by atoms with E-state index in [1.165, 1.54) is 4.90 Å². The minimum atomic E-state index is -0.325. The zero-order chi connectivity index (χ0) is 22.8. The number of hydrogen-bond donors (Lipinski definition) is 0. The molecule has 0 fully saturated rings. The van der Waals surface area contributed by atoms with Gasteiger partial charge in [-0.1, -0.05) is 18.2 Å². The lowest BCUT2D eigenvalue weighted by molar-refractivity contribution is -0.137. The first-order valence-corrected chi connectivity index (χ1v) is 10.5. The fourth-order valence-corrected chi connectivity index (χ4v) is 3.43. The molecule has 2 amide bonds. The van der Waals surface area contributed by atoms with Crippen molar-refractivity contribution in [1.82, 2.24) is 9.80 Å². The summed E-state index contributed by atoms with van der Waals surface area (Å²) in [4.78, 5) is 30.0. The number of amides is 2. The Morgan fingerprint density at radius 1 is 0.935 bits per heavy atom. The van der Waals surface area contributed by atoms with E-state index < -0.39 is 0 Å². The summed E-state index contributed by atoms with van der Waals surface area (Å²) in [7, 11) is 4.76. The molecule has 0 unspecified atom stereocenters. The van der Waals surface area contributed by atoms with E-state index in [-0.39, 0.29) is 24.5 Å². The molecule has 31 heavy (non-hydrogen) atoms. The molecule has 0 bridgehead atoms. The SMILES string of the molecule is COCCN(CCOC)C1=C(c2ccccc2OC)C(=O)N(CCCOC(C)C)C1=O. The molecule has 0 aliphatic carbocycles. The van der Waals surface area contributed by atoms with Crippen molar-refractivity contribution in [2.24, 2.45) is 0 Å². The molecule has 8 nitrogen and oxygen atoms in total. The van der Waals surface area contributed by atoms with E-state index in [4.69, 9.17) is 18.9 Å². The molecule has 1 aliphatic heterocycles. The Labute approximate surface area is 184 Å². The van der Waals surface area contributed by atoms with Crippen LogP contribution in [0.25, 0.3) is 5.57 Å². The van der Waals surface area contributed by atoms with E-state index in [9.17, 15) is 9.59 Å². The Hall–Kier alpha value is -2.42. The second kappa shape index (κ2) is 12.4. The predicted octanol–water partition coefficient (Wildman–Crippen LogP) is 2.18. The number of para-hydroxylation sites is 1. The average molecular weight is 435 g/mol. The van der Waals surface area contributed by atoms with Gasteiger partial charge < -0.3 is 23.8 Å². The van der Waals surface area contributed by atoms with Crippen molar-refractivity contribution in [3.8, 4) is 5.75 Å². The number of carbonyl (C=O) groups is 2.